The molecule has 1 atom stereocenters. The Labute approximate surface area is 98.2 Å². The molecule has 2 rings (SSSR count). The van der Waals surface area contributed by atoms with Crippen LogP contribution in [0.15, 0.2) is 12.3 Å². The molecule has 3 nitrogen and oxygen atoms in total. The van der Waals surface area contributed by atoms with Gasteiger partial charge in [-0.15, -0.1) is 0 Å². The van der Waals surface area contributed by atoms with Crippen LogP contribution in [0.5, 0.6) is 0 Å². The van der Waals surface area contributed by atoms with E-state index < -0.39 is 0 Å². The van der Waals surface area contributed by atoms with Crippen molar-refractivity contribution in [2.24, 2.45) is 7.05 Å². The third kappa shape index (κ3) is 2.64. The molecule has 1 aliphatic heterocycles. The molecule has 2 heterocycles. The molecule has 1 aliphatic rings. The monoisotopic (exact) mass is 221 g/mol. The quantitative estimate of drug-likeness (QED) is 0.848. The molecule has 16 heavy (non-hydrogen) atoms. The number of aryl methyl sites for hydroxylation is 1. The third-order valence-electron chi connectivity index (χ3n) is 3.80. The van der Waals surface area contributed by atoms with E-state index in [0.717, 1.165) is 6.42 Å². The number of hydrogen-bond acceptors (Lipinski definition) is 2. The van der Waals surface area contributed by atoms with E-state index in [1.807, 2.05) is 17.9 Å². The van der Waals surface area contributed by atoms with Crippen LogP contribution in [0.1, 0.15) is 44.7 Å². The molecule has 1 N–H and O–H groups in total. The van der Waals surface area contributed by atoms with Crippen molar-refractivity contribution in [3.63, 3.8) is 0 Å². The van der Waals surface area contributed by atoms with E-state index in [1.165, 1.54) is 44.3 Å². The average molecular weight is 221 g/mol. The first-order valence-corrected chi connectivity index (χ1v) is 6.48. The topological polar surface area (TPSA) is 29.9 Å². The Morgan fingerprint density at radius 1 is 1.44 bits per heavy atom. The molecule has 0 aliphatic carbocycles. The van der Waals surface area contributed by atoms with Gasteiger partial charge in [0.05, 0.1) is 5.69 Å². The Morgan fingerprint density at radius 3 is 3.00 bits per heavy atom. The van der Waals surface area contributed by atoms with Crippen molar-refractivity contribution in [2.75, 3.05) is 6.54 Å². The highest BCUT2D eigenvalue weighted by atomic mass is 15.2. The molecule has 0 bridgehead atoms. The predicted molar refractivity (Wildman–Crippen MR) is 66.4 cm³/mol. The van der Waals surface area contributed by atoms with Gasteiger partial charge in [0.1, 0.15) is 0 Å². The maximum Gasteiger partial charge on any atom is 0.0642 e. The van der Waals surface area contributed by atoms with Gasteiger partial charge in [-0.1, -0.05) is 19.8 Å². The molecule has 1 unspecified atom stereocenters. The van der Waals surface area contributed by atoms with Crippen molar-refractivity contribution in [3.05, 3.63) is 18.0 Å². The fraction of sp³-hybridized carbons (Fsp3) is 0.769. The number of nitrogens with zero attached hydrogens (tertiary/aromatic N) is 2. The summed E-state index contributed by atoms with van der Waals surface area (Å²) in [5, 5.41) is 8.26. The van der Waals surface area contributed by atoms with Crippen LogP contribution >= 0.6 is 0 Å². The lowest BCUT2D eigenvalue weighted by Crippen LogP contribution is -2.46. The van der Waals surface area contributed by atoms with E-state index in [4.69, 9.17) is 0 Å². The van der Waals surface area contributed by atoms with Gasteiger partial charge in [0, 0.05) is 25.2 Å². The Hall–Kier alpha value is -0.830. The van der Waals surface area contributed by atoms with Gasteiger partial charge in [-0.05, 0) is 31.9 Å². The van der Waals surface area contributed by atoms with Gasteiger partial charge in [-0.2, -0.15) is 5.10 Å². The average Bonchev–Trinajstić information content (AvgIpc) is 2.54. The Bertz CT molecular complexity index is 322. The zero-order valence-corrected chi connectivity index (χ0v) is 10.5. The van der Waals surface area contributed by atoms with Crippen LogP contribution in [0.4, 0.5) is 0 Å². The second-order valence-electron chi connectivity index (χ2n) is 5.03. The first-order valence-electron chi connectivity index (χ1n) is 6.48. The maximum absolute atomic E-state index is 4.51. The second kappa shape index (κ2) is 5.00. The third-order valence-corrected chi connectivity index (χ3v) is 3.80. The molecule has 1 saturated heterocycles. The van der Waals surface area contributed by atoms with Crippen molar-refractivity contribution in [2.45, 2.75) is 51.0 Å². The standard InChI is InChI=1S/C13H23N3/c1-3-13(8-5-4-6-9-14-13)11-12-7-10-16(2)15-12/h7,10,14H,3-6,8-9,11H2,1-2H3. The van der Waals surface area contributed by atoms with Crippen molar-refractivity contribution < 1.29 is 0 Å². The molecule has 0 amide bonds. The molecule has 1 aromatic rings. The smallest absolute Gasteiger partial charge is 0.0642 e. The lowest BCUT2D eigenvalue weighted by Gasteiger charge is -2.32. The number of hydrogen-bond donors (Lipinski definition) is 1. The Morgan fingerprint density at radius 2 is 2.31 bits per heavy atom. The largest absolute Gasteiger partial charge is 0.311 e. The van der Waals surface area contributed by atoms with Crippen LogP contribution in [-0.4, -0.2) is 21.9 Å². The second-order valence-corrected chi connectivity index (χ2v) is 5.03. The van der Waals surface area contributed by atoms with E-state index in [1.54, 1.807) is 0 Å². The van der Waals surface area contributed by atoms with E-state index in [9.17, 15) is 0 Å². The van der Waals surface area contributed by atoms with Crippen LogP contribution in [0.2, 0.25) is 0 Å². The highest BCUT2D eigenvalue weighted by Gasteiger charge is 2.29. The normalized spacial score (nSPS) is 26.6. The Balaban J connectivity index is 2.08. The zero-order valence-electron chi connectivity index (χ0n) is 10.5. The van der Waals surface area contributed by atoms with E-state index >= 15 is 0 Å². The lowest BCUT2D eigenvalue weighted by molar-refractivity contribution is 0.299. The summed E-state index contributed by atoms with van der Waals surface area (Å²) in [6.45, 7) is 3.46. The number of rotatable bonds is 3. The van der Waals surface area contributed by atoms with Crippen LogP contribution in [0.25, 0.3) is 0 Å². The minimum absolute atomic E-state index is 0.296. The summed E-state index contributed by atoms with van der Waals surface area (Å²) in [5.74, 6) is 0. The molecular formula is C13H23N3. The van der Waals surface area contributed by atoms with Gasteiger partial charge in [0.25, 0.3) is 0 Å². The first kappa shape index (κ1) is 11.6. The van der Waals surface area contributed by atoms with Crippen molar-refractivity contribution >= 4 is 0 Å². The van der Waals surface area contributed by atoms with Crippen LogP contribution in [-0.2, 0) is 13.5 Å². The first-order chi connectivity index (χ1) is 7.74. The van der Waals surface area contributed by atoms with E-state index in [-0.39, 0.29) is 0 Å². The van der Waals surface area contributed by atoms with E-state index in [2.05, 4.69) is 23.4 Å². The van der Waals surface area contributed by atoms with Gasteiger partial charge >= 0.3 is 0 Å². The summed E-state index contributed by atoms with van der Waals surface area (Å²) >= 11 is 0. The van der Waals surface area contributed by atoms with Gasteiger partial charge in [0.15, 0.2) is 0 Å². The number of aromatic nitrogens is 2. The lowest BCUT2D eigenvalue weighted by atomic mass is 9.86. The molecule has 1 aromatic heterocycles. The SMILES string of the molecule is CCC1(Cc2ccn(C)n2)CCCCCN1. The van der Waals surface area contributed by atoms with Gasteiger partial charge < -0.3 is 5.32 Å². The minimum atomic E-state index is 0.296. The van der Waals surface area contributed by atoms with Gasteiger partial charge in [-0.3, -0.25) is 4.68 Å². The van der Waals surface area contributed by atoms with Crippen LogP contribution in [0.3, 0.4) is 0 Å². The molecule has 0 spiro atoms. The Kier molecular flexibility index (Phi) is 3.64. The van der Waals surface area contributed by atoms with Crippen LogP contribution < -0.4 is 5.32 Å². The highest BCUT2D eigenvalue weighted by Crippen LogP contribution is 2.26. The fourth-order valence-corrected chi connectivity index (χ4v) is 2.69. The summed E-state index contributed by atoms with van der Waals surface area (Å²) in [6.07, 6.45) is 9.65. The summed E-state index contributed by atoms with van der Waals surface area (Å²) < 4.78 is 1.90. The summed E-state index contributed by atoms with van der Waals surface area (Å²) in [7, 11) is 1.99. The van der Waals surface area contributed by atoms with Crippen molar-refractivity contribution in [1.82, 2.24) is 15.1 Å². The molecule has 90 valence electrons. The molecule has 0 saturated carbocycles. The van der Waals surface area contributed by atoms with Crippen molar-refractivity contribution in [1.29, 1.82) is 0 Å². The summed E-state index contributed by atoms with van der Waals surface area (Å²) in [4.78, 5) is 0. The molecule has 0 aromatic carbocycles. The zero-order chi connectivity index (χ0) is 11.4. The fourth-order valence-electron chi connectivity index (χ4n) is 2.69. The molecule has 3 heteroatoms. The van der Waals surface area contributed by atoms with Crippen molar-refractivity contribution in [3.8, 4) is 0 Å². The summed E-state index contributed by atoms with van der Waals surface area (Å²) in [6, 6.07) is 2.14. The van der Waals surface area contributed by atoms with Gasteiger partial charge in [-0.25, -0.2) is 0 Å². The highest BCUT2D eigenvalue weighted by molar-refractivity contribution is 5.06. The number of nitrogens with one attached hydrogen (secondary N) is 1. The maximum atomic E-state index is 4.51. The van der Waals surface area contributed by atoms with E-state index in [0.29, 0.717) is 5.54 Å². The minimum Gasteiger partial charge on any atom is -0.311 e. The van der Waals surface area contributed by atoms with Gasteiger partial charge in [0.2, 0.25) is 0 Å². The van der Waals surface area contributed by atoms with Crippen LogP contribution in [0, 0.1) is 0 Å². The predicted octanol–water partition coefficient (Wildman–Crippen LogP) is 2.27. The summed E-state index contributed by atoms with van der Waals surface area (Å²) in [5.41, 5.74) is 1.52. The molecule has 1 fully saturated rings. The molecular weight excluding hydrogens is 198 g/mol. The molecule has 0 radical (unpaired) electrons.